The first-order chi connectivity index (χ1) is 15.5. The molecule has 1 aliphatic heterocycles. The summed E-state index contributed by atoms with van der Waals surface area (Å²) in [6, 6.07) is 14.5. The molecule has 0 N–H and O–H groups in total. The molecule has 0 atom stereocenters. The molecule has 8 nitrogen and oxygen atoms in total. The molecule has 32 heavy (non-hydrogen) atoms. The van der Waals surface area contributed by atoms with E-state index < -0.39 is 10.0 Å². The summed E-state index contributed by atoms with van der Waals surface area (Å²) < 4.78 is 48.1. The molecule has 0 aliphatic carbocycles. The summed E-state index contributed by atoms with van der Waals surface area (Å²) in [6.07, 6.45) is 0.337. The van der Waals surface area contributed by atoms with Crippen LogP contribution in [0.25, 0.3) is 17.1 Å². The summed E-state index contributed by atoms with van der Waals surface area (Å²) in [7, 11) is -3.68. The quantitative estimate of drug-likeness (QED) is 0.384. The molecule has 0 spiro atoms. The molecule has 1 aromatic heterocycles. The SMILES string of the molecule is N#CCCSc1nnc(-c2cccc(S(=O)(=O)N3CCOCC3)c2)n1-c1ccc(F)cc1. The Morgan fingerprint density at radius 2 is 1.88 bits per heavy atom. The predicted octanol–water partition coefficient (Wildman–Crippen LogP) is 3.10. The normalized spacial score (nSPS) is 14.9. The van der Waals surface area contributed by atoms with Gasteiger partial charge in [-0.15, -0.1) is 10.2 Å². The molecule has 0 unspecified atom stereocenters. The zero-order chi connectivity index (χ0) is 22.6. The minimum absolute atomic E-state index is 0.157. The van der Waals surface area contributed by atoms with Crippen LogP contribution in [0.2, 0.25) is 0 Å². The molecule has 2 aromatic carbocycles. The fourth-order valence-corrected chi connectivity index (χ4v) is 5.54. The maximum absolute atomic E-state index is 13.5. The van der Waals surface area contributed by atoms with Crippen LogP contribution in [0.1, 0.15) is 6.42 Å². The van der Waals surface area contributed by atoms with Gasteiger partial charge < -0.3 is 4.74 Å². The Hall–Kier alpha value is -2.78. The average Bonchev–Trinajstić information content (AvgIpc) is 3.24. The van der Waals surface area contributed by atoms with Gasteiger partial charge in [0, 0.05) is 36.5 Å². The second-order valence-electron chi connectivity index (χ2n) is 6.92. The van der Waals surface area contributed by atoms with Gasteiger partial charge >= 0.3 is 0 Å². The molecule has 2 heterocycles. The van der Waals surface area contributed by atoms with Crippen molar-refractivity contribution in [3.8, 4) is 23.1 Å². The molecule has 1 aliphatic rings. The third-order valence-corrected chi connectivity index (χ3v) is 7.69. The van der Waals surface area contributed by atoms with Crippen molar-refractivity contribution in [1.82, 2.24) is 19.1 Å². The largest absolute Gasteiger partial charge is 0.379 e. The van der Waals surface area contributed by atoms with Crippen LogP contribution in [0.3, 0.4) is 0 Å². The van der Waals surface area contributed by atoms with Gasteiger partial charge in [0.25, 0.3) is 0 Å². The molecule has 0 saturated carbocycles. The second-order valence-corrected chi connectivity index (χ2v) is 9.92. The first kappa shape index (κ1) is 22.4. The number of hydrogen-bond donors (Lipinski definition) is 0. The molecular weight excluding hydrogens is 453 g/mol. The molecule has 0 radical (unpaired) electrons. The highest BCUT2D eigenvalue weighted by molar-refractivity contribution is 7.99. The summed E-state index contributed by atoms with van der Waals surface area (Å²) in [5.74, 6) is 0.567. The number of hydrogen-bond acceptors (Lipinski definition) is 7. The summed E-state index contributed by atoms with van der Waals surface area (Å²) >= 11 is 1.35. The molecule has 0 bridgehead atoms. The van der Waals surface area contributed by atoms with Crippen molar-refractivity contribution in [2.45, 2.75) is 16.5 Å². The van der Waals surface area contributed by atoms with Crippen LogP contribution in [0, 0.1) is 17.1 Å². The number of ether oxygens (including phenoxy) is 1. The number of nitriles is 1. The fraction of sp³-hybridized carbons (Fsp3) is 0.286. The lowest BCUT2D eigenvalue weighted by atomic mass is 10.2. The molecular formula is C21H20FN5O3S2. The van der Waals surface area contributed by atoms with Crippen LogP contribution >= 0.6 is 11.8 Å². The standard InChI is InChI=1S/C21H20FN5O3S2/c22-17-5-7-18(8-6-17)27-20(24-25-21(27)31-14-2-9-23)16-3-1-4-19(15-16)32(28,29)26-10-12-30-13-11-26/h1,3-8,15H,2,10-14H2. The molecule has 1 fully saturated rings. The van der Waals surface area contributed by atoms with Crippen molar-refractivity contribution in [3.63, 3.8) is 0 Å². The Balaban J connectivity index is 1.76. The highest BCUT2D eigenvalue weighted by Gasteiger charge is 2.27. The van der Waals surface area contributed by atoms with E-state index >= 15 is 0 Å². The van der Waals surface area contributed by atoms with Gasteiger partial charge in [0.2, 0.25) is 10.0 Å². The lowest BCUT2D eigenvalue weighted by molar-refractivity contribution is 0.0730. The number of sulfonamides is 1. The van der Waals surface area contributed by atoms with Gasteiger partial charge in [-0.3, -0.25) is 4.57 Å². The summed E-state index contributed by atoms with van der Waals surface area (Å²) in [6.45, 7) is 1.33. The van der Waals surface area contributed by atoms with Crippen molar-refractivity contribution in [2.75, 3.05) is 32.1 Å². The average molecular weight is 474 g/mol. The fourth-order valence-electron chi connectivity index (χ4n) is 3.29. The Kier molecular flexibility index (Phi) is 6.86. The molecule has 4 rings (SSSR count). The van der Waals surface area contributed by atoms with Crippen LogP contribution in [0.5, 0.6) is 0 Å². The number of rotatable bonds is 7. The van der Waals surface area contributed by atoms with Crippen molar-refractivity contribution < 1.29 is 17.5 Å². The zero-order valence-corrected chi connectivity index (χ0v) is 18.6. The van der Waals surface area contributed by atoms with E-state index in [1.807, 2.05) is 0 Å². The Bertz CT molecular complexity index is 1230. The monoisotopic (exact) mass is 473 g/mol. The zero-order valence-electron chi connectivity index (χ0n) is 17.0. The number of benzene rings is 2. The first-order valence-electron chi connectivity index (χ1n) is 9.90. The first-order valence-corrected chi connectivity index (χ1v) is 12.3. The number of aromatic nitrogens is 3. The Morgan fingerprint density at radius 1 is 1.12 bits per heavy atom. The minimum atomic E-state index is -3.68. The smallest absolute Gasteiger partial charge is 0.243 e. The maximum atomic E-state index is 13.5. The summed E-state index contributed by atoms with van der Waals surface area (Å²) in [5, 5.41) is 17.9. The van der Waals surface area contributed by atoms with E-state index in [-0.39, 0.29) is 10.7 Å². The van der Waals surface area contributed by atoms with Crippen LogP contribution in [0.4, 0.5) is 4.39 Å². The Labute approximate surface area is 189 Å². The van der Waals surface area contributed by atoms with Gasteiger partial charge in [0.15, 0.2) is 11.0 Å². The predicted molar refractivity (Wildman–Crippen MR) is 117 cm³/mol. The van der Waals surface area contributed by atoms with E-state index in [2.05, 4.69) is 16.3 Å². The van der Waals surface area contributed by atoms with Crippen molar-refractivity contribution in [1.29, 1.82) is 5.26 Å². The maximum Gasteiger partial charge on any atom is 0.243 e. The summed E-state index contributed by atoms with van der Waals surface area (Å²) in [5.41, 5.74) is 1.19. The lowest BCUT2D eigenvalue weighted by Crippen LogP contribution is -2.40. The van der Waals surface area contributed by atoms with Gasteiger partial charge in [0.05, 0.1) is 24.2 Å². The highest BCUT2D eigenvalue weighted by Crippen LogP contribution is 2.30. The van der Waals surface area contributed by atoms with Gasteiger partial charge in [0.1, 0.15) is 5.82 Å². The Morgan fingerprint density at radius 3 is 2.59 bits per heavy atom. The minimum Gasteiger partial charge on any atom is -0.379 e. The molecule has 1 saturated heterocycles. The van der Waals surface area contributed by atoms with Gasteiger partial charge in [-0.25, -0.2) is 12.8 Å². The molecule has 3 aromatic rings. The van der Waals surface area contributed by atoms with Gasteiger partial charge in [-0.05, 0) is 36.4 Å². The van der Waals surface area contributed by atoms with Crippen LogP contribution < -0.4 is 0 Å². The van der Waals surface area contributed by atoms with Crippen LogP contribution in [0.15, 0.2) is 58.6 Å². The number of nitrogens with zero attached hydrogens (tertiary/aromatic N) is 5. The third kappa shape index (κ3) is 4.68. The van der Waals surface area contributed by atoms with Crippen LogP contribution in [-0.2, 0) is 14.8 Å². The van der Waals surface area contributed by atoms with Crippen molar-refractivity contribution >= 4 is 21.8 Å². The lowest BCUT2D eigenvalue weighted by Gasteiger charge is -2.26. The number of thioether (sulfide) groups is 1. The molecule has 166 valence electrons. The molecule has 11 heteroatoms. The van der Waals surface area contributed by atoms with Gasteiger partial charge in [-0.2, -0.15) is 9.57 Å². The van der Waals surface area contributed by atoms with Crippen molar-refractivity contribution in [2.24, 2.45) is 0 Å². The van der Waals surface area contributed by atoms with E-state index in [1.165, 1.54) is 28.2 Å². The second kappa shape index (κ2) is 9.79. The van der Waals surface area contributed by atoms with Crippen molar-refractivity contribution in [3.05, 3.63) is 54.3 Å². The van der Waals surface area contributed by atoms with E-state index in [4.69, 9.17) is 10.00 Å². The topological polar surface area (TPSA) is 101 Å². The van der Waals surface area contributed by atoms with E-state index in [1.54, 1.807) is 41.0 Å². The summed E-state index contributed by atoms with van der Waals surface area (Å²) in [4.78, 5) is 0.157. The van der Waals surface area contributed by atoms with E-state index in [0.29, 0.717) is 60.7 Å². The van der Waals surface area contributed by atoms with E-state index in [9.17, 15) is 12.8 Å². The highest BCUT2D eigenvalue weighted by atomic mass is 32.2. The number of halogens is 1. The number of morpholine rings is 1. The van der Waals surface area contributed by atoms with Gasteiger partial charge in [-0.1, -0.05) is 23.9 Å². The molecule has 0 amide bonds. The van der Waals surface area contributed by atoms with E-state index in [0.717, 1.165) is 0 Å². The third-order valence-electron chi connectivity index (χ3n) is 4.86. The van der Waals surface area contributed by atoms with Crippen LogP contribution in [-0.4, -0.2) is 59.5 Å².